The predicted molar refractivity (Wildman–Crippen MR) is 73.9 cm³/mol. The number of carbonyl (C=O) groups is 2. The van der Waals surface area contributed by atoms with Gasteiger partial charge in [0.1, 0.15) is 0 Å². The molecule has 0 heterocycles. The Labute approximate surface area is 112 Å². The molecule has 0 saturated heterocycles. The molecule has 6 heteroatoms. The SMILES string of the molecule is CCCC(CNC(=O)Nc1ccccc1N)C(=O)O. The molecule has 0 aliphatic carbocycles. The molecule has 1 aromatic carbocycles. The fourth-order valence-electron chi connectivity index (χ4n) is 1.65. The van der Waals surface area contributed by atoms with E-state index in [9.17, 15) is 9.59 Å². The molecule has 0 radical (unpaired) electrons. The zero-order valence-electron chi connectivity index (χ0n) is 10.8. The van der Waals surface area contributed by atoms with Gasteiger partial charge >= 0.3 is 12.0 Å². The largest absolute Gasteiger partial charge is 0.481 e. The fraction of sp³-hybridized carbons (Fsp3) is 0.385. The van der Waals surface area contributed by atoms with Gasteiger partial charge < -0.3 is 21.5 Å². The lowest BCUT2D eigenvalue weighted by molar-refractivity contribution is -0.141. The number of nitrogens with one attached hydrogen (secondary N) is 2. The quantitative estimate of drug-likeness (QED) is 0.589. The number of carboxylic acid groups (broad SMARTS) is 1. The summed E-state index contributed by atoms with van der Waals surface area (Å²) >= 11 is 0. The number of nitrogens with two attached hydrogens (primary N) is 1. The summed E-state index contributed by atoms with van der Waals surface area (Å²) in [6, 6.07) is 6.41. The number of amides is 2. The lowest BCUT2D eigenvalue weighted by Gasteiger charge is -2.13. The third kappa shape index (κ3) is 4.87. The van der Waals surface area contributed by atoms with E-state index in [1.54, 1.807) is 24.3 Å². The molecule has 19 heavy (non-hydrogen) atoms. The topological polar surface area (TPSA) is 104 Å². The number of carboxylic acids is 1. The maximum absolute atomic E-state index is 11.6. The van der Waals surface area contributed by atoms with Crippen molar-refractivity contribution in [3.8, 4) is 0 Å². The lowest BCUT2D eigenvalue weighted by Crippen LogP contribution is -2.35. The second-order valence-corrected chi connectivity index (χ2v) is 4.25. The van der Waals surface area contributed by atoms with Crippen LogP contribution >= 0.6 is 0 Å². The van der Waals surface area contributed by atoms with Gasteiger partial charge in [-0.25, -0.2) is 4.79 Å². The number of hydrogen-bond donors (Lipinski definition) is 4. The Morgan fingerprint density at radius 3 is 2.63 bits per heavy atom. The van der Waals surface area contributed by atoms with Crippen molar-refractivity contribution in [2.75, 3.05) is 17.6 Å². The van der Waals surface area contributed by atoms with E-state index in [4.69, 9.17) is 10.8 Å². The summed E-state index contributed by atoms with van der Waals surface area (Å²) in [5.41, 5.74) is 6.65. The van der Waals surface area contributed by atoms with Crippen molar-refractivity contribution in [3.05, 3.63) is 24.3 Å². The van der Waals surface area contributed by atoms with Crippen LogP contribution in [-0.2, 0) is 4.79 Å². The molecular weight excluding hydrogens is 246 g/mol. The summed E-state index contributed by atoms with van der Waals surface area (Å²) < 4.78 is 0. The van der Waals surface area contributed by atoms with Crippen LogP contribution in [0.5, 0.6) is 0 Å². The molecular formula is C13H19N3O3. The van der Waals surface area contributed by atoms with Crippen LogP contribution in [0.25, 0.3) is 0 Å². The Hall–Kier alpha value is -2.24. The van der Waals surface area contributed by atoms with Crippen molar-refractivity contribution in [3.63, 3.8) is 0 Å². The van der Waals surface area contributed by atoms with Gasteiger partial charge in [0.15, 0.2) is 0 Å². The molecule has 104 valence electrons. The number of para-hydroxylation sites is 2. The Morgan fingerprint density at radius 1 is 1.37 bits per heavy atom. The molecule has 2 amide bonds. The van der Waals surface area contributed by atoms with Gasteiger partial charge in [0.2, 0.25) is 0 Å². The van der Waals surface area contributed by atoms with Crippen LogP contribution in [0, 0.1) is 5.92 Å². The molecule has 1 rings (SSSR count). The number of benzene rings is 1. The number of urea groups is 1. The normalized spacial score (nSPS) is 11.6. The molecule has 0 spiro atoms. The van der Waals surface area contributed by atoms with Crippen molar-refractivity contribution in [2.24, 2.45) is 5.92 Å². The van der Waals surface area contributed by atoms with Gasteiger partial charge in [0.25, 0.3) is 0 Å². The van der Waals surface area contributed by atoms with Crippen LogP contribution in [-0.4, -0.2) is 23.7 Å². The number of nitrogen functional groups attached to an aromatic ring is 1. The maximum atomic E-state index is 11.6. The maximum Gasteiger partial charge on any atom is 0.319 e. The van der Waals surface area contributed by atoms with Gasteiger partial charge in [-0.05, 0) is 18.6 Å². The zero-order chi connectivity index (χ0) is 14.3. The minimum atomic E-state index is -0.902. The second kappa shape index (κ2) is 7.25. The van der Waals surface area contributed by atoms with Crippen LogP contribution in [0.4, 0.5) is 16.2 Å². The first-order valence-corrected chi connectivity index (χ1v) is 6.16. The van der Waals surface area contributed by atoms with Crippen LogP contribution in [0.15, 0.2) is 24.3 Å². The van der Waals surface area contributed by atoms with Crippen molar-refractivity contribution in [1.29, 1.82) is 0 Å². The Kier molecular flexibility index (Phi) is 5.66. The lowest BCUT2D eigenvalue weighted by atomic mass is 10.0. The number of carbonyl (C=O) groups excluding carboxylic acids is 1. The average Bonchev–Trinajstić information content (AvgIpc) is 2.37. The monoisotopic (exact) mass is 265 g/mol. The number of anilines is 2. The van der Waals surface area contributed by atoms with Crippen LogP contribution in [0.3, 0.4) is 0 Å². The Bertz CT molecular complexity index is 449. The highest BCUT2D eigenvalue weighted by molar-refractivity contribution is 5.92. The molecule has 0 aliphatic heterocycles. The van der Waals surface area contributed by atoms with E-state index >= 15 is 0 Å². The minimum absolute atomic E-state index is 0.0990. The Morgan fingerprint density at radius 2 is 2.05 bits per heavy atom. The third-order valence-electron chi connectivity index (χ3n) is 2.70. The smallest absolute Gasteiger partial charge is 0.319 e. The van der Waals surface area contributed by atoms with Gasteiger partial charge in [-0.15, -0.1) is 0 Å². The number of hydrogen-bond acceptors (Lipinski definition) is 3. The van der Waals surface area contributed by atoms with E-state index in [2.05, 4.69) is 10.6 Å². The first-order chi connectivity index (χ1) is 9.04. The molecule has 1 atom stereocenters. The first kappa shape index (κ1) is 14.8. The van der Waals surface area contributed by atoms with Crippen molar-refractivity contribution in [1.82, 2.24) is 5.32 Å². The molecule has 1 aromatic rings. The summed E-state index contributed by atoms with van der Waals surface area (Å²) in [5, 5.41) is 14.1. The highest BCUT2D eigenvalue weighted by atomic mass is 16.4. The number of rotatable bonds is 6. The molecule has 0 fully saturated rings. The highest BCUT2D eigenvalue weighted by Crippen LogP contribution is 2.16. The van der Waals surface area contributed by atoms with Crippen LogP contribution in [0.1, 0.15) is 19.8 Å². The first-order valence-electron chi connectivity index (χ1n) is 6.16. The van der Waals surface area contributed by atoms with Crippen molar-refractivity contribution >= 4 is 23.4 Å². The third-order valence-corrected chi connectivity index (χ3v) is 2.70. The molecule has 0 saturated carbocycles. The van der Waals surface area contributed by atoms with Gasteiger partial charge in [-0.1, -0.05) is 25.5 Å². The van der Waals surface area contributed by atoms with E-state index in [1.165, 1.54) is 0 Å². The van der Waals surface area contributed by atoms with E-state index in [0.29, 0.717) is 17.8 Å². The van der Waals surface area contributed by atoms with Gasteiger partial charge in [0.05, 0.1) is 17.3 Å². The number of aliphatic carboxylic acids is 1. The van der Waals surface area contributed by atoms with Gasteiger partial charge in [-0.3, -0.25) is 4.79 Å². The van der Waals surface area contributed by atoms with Crippen molar-refractivity contribution < 1.29 is 14.7 Å². The van der Waals surface area contributed by atoms with E-state index < -0.39 is 17.9 Å². The molecule has 5 N–H and O–H groups in total. The van der Waals surface area contributed by atoms with Gasteiger partial charge in [-0.2, -0.15) is 0 Å². The Balaban J connectivity index is 2.47. The summed E-state index contributed by atoms with van der Waals surface area (Å²) in [6.07, 6.45) is 1.29. The molecule has 0 bridgehead atoms. The van der Waals surface area contributed by atoms with E-state index in [0.717, 1.165) is 6.42 Å². The average molecular weight is 265 g/mol. The zero-order valence-corrected chi connectivity index (χ0v) is 10.8. The minimum Gasteiger partial charge on any atom is -0.481 e. The summed E-state index contributed by atoms with van der Waals surface area (Å²) in [4.78, 5) is 22.5. The van der Waals surface area contributed by atoms with Crippen LogP contribution in [0.2, 0.25) is 0 Å². The summed E-state index contributed by atoms with van der Waals surface area (Å²) in [6.45, 7) is 2.00. The summed E-state index contributed by atoms with van der Waals surface area (Å²) in [5.74, 6) is -1.47. The predicted octanol–water partition coefficient (Wildman–Crippen LogP) is 1.89. The molecule has 0 aromatic heterocycles. The van der Waals surface area contributed by atoms with E-state index in [-0.39, 0.29) is 6.54 Å². The van der Waals surface area contributed by atoms with Crippen LogP contribution < -0.4 is 16.4 Å². The molecule has 0 aliphatic rings. The molecule has 1 unspecified atom stereocenters. The van der Waals surface area contributed by atoms with Crippen molar-refractivity contribution in [2.45, 2.75) is 19.8 Å². The molecule has 6 nitrogen and oxygen atoms in total. The second-order valence-electron chi connectivity index (χ2n) is 4.25. The fourth-order valence-corrected chi connectivity index (χ4v) is 1.65. The standard InChI is InChI=1S/C13H19N3O3/c1-2-5-9(12(17)18)8-15-13(19)16-11-7-4-3-6-10(11)14/h3-4,6-7,9H,2,5,8,14H2,1H3,(H,17,18)(H2,15,16,19). The van der Waals surface area contributed by atoms with E-state index in [1.807, 2.05) is 6.92 Å². The summed E-state index contributed by atoms with van der Waals surface area (Å²) in [7, 11) is 0. The van der Waals surface area contributed by atoms with Gasteiger partial charge in [0, 0.05) is 6.54 Å². The highest BCUT2D eigenvalue weighted by Gasteiger charge is 2.17.